The summed E-state index contributed by atoms with van der Waals surface area (Å²) in [6, 6.07) is 61.5. The molecular weight excluding hydrogens is 944 g/mol. The molecule has 0 fully saturated rings. The lowest BCUT2D eigenvalue weighted by atomic mass is 9.74. The number of hydrogen-bond acceptors (Lipinski definition) is 1. The van der Waals surface area contributed by atoms with Gasteiger partial charge < -0.3 is 4.74 Å². The average molecular weight is 986 g/mol. The normalized spacial score (nSPS) is 11.1. The second kappa shape index (κ2) is 17.6. The van der Waals surface area contributed by atoms with Gasteiger partial charge >= 0.3 is 0 Å². The third kappa shape index (κ3) is 8.41. The topological polar surface area (TPSA) is 17.0 Å². The molecule has 61 heavy (non-hydrogen) atoms. The number of halogens is 3. The Bertz CT molecular complexity index is 2840. The fourth-order valence-corrected chi connectivity index (χ4v) is 9.06. The largest absolute Gasteiger partial charge is 0.497 e. The highest BCUT2D eigenvalue weighted by atomic mass is 79.9. The highest BCUT2D eigenvalue weighted by Crippen LogP contribution is 2.56. The second-order valence-corrected chi connectivity index (χ2v) is 17.9. The molecule has 296 valence electrons. The first-order valence-corrected chi connectivity index (χ1v) is 22.4. The summed E-state index contributed by atoms with van der Waals surface area (Å²) in [4.78, 5) is 0. The maximum Gasteiger partial charge on any atom is 0.176 e. The van der Waals surface area contributed by atoms with Crippen molar-refractivity contribution in [3.8, 4) is 94.8 Å². The molecular formula is C55H41Br3N2O+2. The Morgan fingerprint density at radius 3 is 0.820 bits per heavy atom. The van der Waals surface area contributed by atoms with Crippen LogP contribution in [0, 0.1) is 0 Å². The van der Waals surface area contributed by atoms with E-state index < -0.39 is 0 Å². The standard InChI is InChI=1S/C55H41Br3N2O/c1-59-32-4-6-44(34-59)36-8-12-38(13-9-36)50-52(40-16-24-46(56)25-17-40)51(39-14-10-37(11-15-39)45-7-5-33-60(2)35-45)54(42-20-28-48(58)29-21-42)55(43-22-30-49(61-3)31-23-43)53(50)41-18-26-47(57)27-19-41/h4-35H,1-3H3/q+2. The molecule has 0 spiro atoms. The van der Waals surface area contributed by atoms with Crippen molar-refractivity contribution in [2.75, 3.05) is 7.11 Å². The van der Waals surface area contributed by atoms with E-state index in [1.165, 1.54) is 0 Å². The van der Waals surface area contributed by atoms with Crippen molar-refractivity contribution in [3.05, 3.63) is 208 Å². The summed E-state index contributed by atoms with van der Waals surface area (Å²) >= 11 is 11.3. The third-order valence-electron chi connectivity index (χ3n) is 11.2. The molecule has 0 atom stereocenters. The molecule has 0 radical (unpaired) electrons. The Labute approximate surface area is 383 Å². The molecule has 3 nitrogen and oxygen atoms in total. The van der Waals surface area contributed by atoms with E-state index in [2.05, 4.69) is 266 Å². The van der Waals surface area contributed by atoms with Gasteiger partial charge in [0, 0.05) is 36.7 Å². The van der Waals surface area contributed by atoms with Crippen LogP contribution in [0.5, 0.6) is 5.75 Å². The highest BCUT2D eigenvalue weighted by Gasteiger charge is 2.29. The number of nitrogens with zero attached hydrogens (tertiary/aromatic N) is 2. The minimum Gasteiger partial charge on any atom is -0.497 e. The molecule has 0 N–H and O–H groups in total. The number of hydrogen-bond donors (Lipinski definition) is 0. The zero-order chi connectivity index (χ0) is 42.0. The number of rotatable bonds is 9. The van der Waals surface area contributed by atoms with Crippen LogP contribution in [0.2, 0.25) is 0 Å². The lowest BCUT2D eigenvalue weighted by molar-refractivity contribution is -0.671. The first-order valence-electron chi connectivity index (χ1n) is 20.0. The number of aryl methyl sites for hydroxylation is 2. The number of benzene rings is 7. The number of ether oxygens (including phenoxy) is 1. The van der Waals surface area contributed by atoms with Gasteiger partial charge in [-0.2, -0.15) is 0 Å². The lowest BCUT2D eigenvalue weighted by Crippen LogP contribution is -2.26. The van der Waals surface area contributed by atoms with Gasteiger partial charge in [-0.15, -0.1) is 0 Å². The van der Waals surface area contributed by atoms with Gasteiger partial charge in [0.15, 0.2) is 24.8 Å². The molecule has 0 saturated carbocycles. The lowest BCUT2D eigenvalue weighted by Gasteiger charge is -2.29. The monoisotopic (exact) mass is 982 g/mol. The van der Waals surface area contributed by atoms with Gasteiger partial charge in [-0.25, -0.2) is 9.13 Å². The minimum absolute atomic E-state index is 0.806. The van der Waals surface area contributed by atoms with E-state index in [9.17, 15) is 0 Å². The summed E-state index contributed by atoms with van der Waals surface area (Å²) < 4.78 is 13.0. The molecule has 0 aliphatic rings. The molecule has 0 unspecified atom stereocenters. The third-order valence-corrected chi connectivity index (χ3v) is 12.8. The number of aromatic nitrogens is 2. The van der Waals surface area contributed by atoms with Crippen LogP contribution in [0.25, 0.3) is 89.0 Å². The van der Waals surface area contributed by atoms with Gasteiger partial charge in [0.2, 0.25) is 0 Å². The zero-order valence-corrected chi connectivity index (χ0v) is 38.7. The summed E-state index contributed by atoms with van der Waals surface area (Å²) in [5, 5.41) is 0. The van der Waals surface area contributed by atoms with Crippen molar-refractivity contribution in [1.29, 1.82) is 0 Å². The van der Waals surface area contributed by atoms with E-state index in [1.54, 1.807) is 7.11 Å². The van der Waals surface area contributed by atoms with Crippen LogP contribution < -0.4 is 13.9 Å². The first-order chi connectivity index (χ1) is 29.7. The molecule has 0 bridgehead atoms. The Kier molecular flexibility index (Phi) is 11.7. The van der Waals surface area contributed by atoms with Crippen molar-refractivity contribution >= 4 is 47.8 Å². The van der Waals surface area contributed by atoms with Gasteiger partial charge in [0.05, 0.1) is 7.11 Å². The summed E-state index contributed by atoms with van der Waals surface area (Å²) in [6.07, 6.45) is 8.46. The Morgan fingerprint density at radius 2 is 0.557 bits per heavy atom. The summed E-state index contributed by atoms with van der Waals surface area (Å²) in [5.74, 6) is 0.806. The van der Waals surface area contributed by atoms with E-state index in [0.29, 0.717) is 0 Å². The van der Waals surface area contributed by atoms with Gasteiger partial charge in [-0.1, -0.05) is 145 Å². The summed E-state index contributed by atoms with van der Waals surface area (Å²) in [6.45, 7) is 0. The van der Waals surface area contributed by atoms with Crippen LogP contribution >= 0.6 is 47.8 Å². The van der Waals surface area contributed by atoms with E-state index in [1.807, 2.05) is 0 Å². The zero-order valence-electron chi connectivity index (χ0n) is 33.9. The molecule has 0 aliphatic heterocycles. The Morgan fingerprint density at radius 1 is 0.311 bits per heavy atom. The molecule has 0 amide bonds. The van der Waals surface area contributed by atoms with Gasteiger partial charge in [-0.3, -0.25) is 0 Å². The van der Waals surface area contributed by atoms with Crippen LogP contribution in [0.15, 0.2) is 208 Å². The Balaban J connectivity index is 1.48. The molecule has 7 aromatic carbocycles. The smallest absolute Gasteiger partial charge is 0.176 e. The summed E-state index contributed by atoms with van der Waals surface area (Å²) in [7, 11) is 5.85. The molecule has 6 heteroatoms. The molecule has 0 aliphatic carbocycles. The summed E-state index contributed by atoms with van der Waals surface area (Å²) in [5.41, 5.74) is 18.2. The second-order valence-electron chi connectivity index (χ2n) is 15.2. The van der Waals surface area contributed by atoms with Crippen LogP contribution in [0.3, 0.4) is 0 Å². The molecule has 9 aromatic rings. The van der Waals surface area contributed by atoms with Crippen LogP contribution in [0.4, 0.5) is 0 Å². The van der Waals surface area contributed by atoms with Crippen molar-refractivity contribution in [3.63, 3.8) is 0 Å². The van der Waals surface area contributed by atoms with Crippen molar-refractivity contribution < 1.29 is 13.9 Å². The maximum atomic E-state index is 5.73. The van der Waals surface area contributed by atoms with E-state index in [4.69, 9.17) is 4.74 Å². The fraction of sp³-hybridized carbons (Fsp3) is 0.0545. The van der Waals surface area contributed by atoms with Crippen LogP contribution in [0.1, 0.15) is 0 Å². The van der Waals surface area contributed by atoms with Crippen LogP contribution in [-0.2, 0) is 14.1 Å². The maximum absolute atomic E-state index is 5.73. The van der Waals surface area contributed by atoms with Gasteiger partial charge in [0.1, 0.15) is 19.8 Å². The molecule has 0 saturated heterocycles. The highest BCUT2D eigenvalue weighted by molar-refractivity contribution is 9.11. The van der Waals surface area contributed by atoms with Crippen molar-refractivity contribution in [1.82, 2.24) is 0 Å². The first kappa shape index (κ1) is 40.5. The van der Waals surface area contributed by atoms with E-state index in [-0.39, 0.29) is 0 Å². The molecule has 2 aromatic heterocycles. The number of pyridine rings is 2. The Hall–Kier alpha value is -5.92. The van der Waals surface area contributed by atoms with Gasteiger partial charge in [-0.05, 0) is 139 Å². The molecule has 9 rings (SSSR count). The SMILES string of the molecule is COc1ccc(-c2c(-c3ccc(Br)cc3)c(-c3ccc(-c4ccc[n+](C)c4)cc3)c(-c3ccc(Br)cc3)c(-c3ccc(-c4ccc[n+](C)c4)cc3)c2-c2ccc(Br)cc2)cc1. The van der Waals surface area contributed by atoms with Crippen LogP contribution in [-0.4, -0.2) is 7.11 Å². The quantitative estimate of drug-likeness (QED) is 0.132. The predicted molar refractivity (Wildman–Crippen MR) is 262 cm³/mol. The van der Waals surface area contributed by atoms with Gasteiger partial charge in [0.25, 0.3) is 0 Å². The van der Waals surface area contributed by atoms with E-state index in [0.717, 1.165) is 108 Å². The fourth-order valence-electron chi connectivity index (χ4n) is 8.27. The predicted octanol–water partition coefficient (Wildman–Crippen LogP) is 15.0. The average Bonchev–Trinajstić information content (AvgIpc) is 3.29. The minimum atomic E-state index is 0.806. The van der Waals surface area contributed by atoms with E-state index >= 15 is 0 Å². The molecule has 2 heterocycles. The van der Waals surface area contributed by atoms with Crippen molar-refractivity contribution in [2.24, 2.45) is 14.1 Å². The number of methoxy groups -OCH3 is 1. The van der Waals surface area contributed by atoms with Crippen molar-refractivity contribution in [2.45, 2.75) is 0 Å².